The van der Waals surface area contributed by atoms with Crippen LogP contribution in [0.2, 0.25) is 0 Å². The lowest BCUT2D eigenvalue weighted by Crippen LogP contribution is -2.23. The van der Waals surface area contributed by atoms with Crippen LogP contribution in [0.1, 0.15) is 30.9 Å². The molecule has 0 aromatic heterocycles. The Morgan fingerprint density at radius 3 is 2.50 bits per heavy atom. The van der Waals surface area contributed by atoms with Gasteiger partial charge in [-0.2, -0.15) is 0 Å². The number of aliphatic hydroxyl groups is 1. The first-order valence-electron chi connectivity index (χ1n) is 5.01. The van der Waals surface area contributed by atoms with Crippen molar-refractivity contribution in [3.8, 4) is 0 Å². The van der Waals surface area contributed by atoms with E-state index in [4.69, 9.17) is 0 Å². The molecule has 2 heteroatoms. The summed E-state index contributed by atoms with van der Waals surface area (Å²) >= 11 is 3.46. The quantitative estimate of drug-likeness (QED) is 0.860. The van der Waals surface area contributed by atoms with Crippen LogP contribution in [0.3, 0.4) is 0 Å². The van der Waals surface area contributed by atoms with E-state index in [0.717, 1.165) is 17.3 Å². The van der Waals surface area contributed by atoms with Crippen molar-refractivity contribution in [1.29, 1.82) is 0 Å². The lowest BCUT2D eigenvalue weighted by molar-refractivity contribution is 0.150. The smallest absolute Gasteiger partial charge is 0.0608 e. The SMILES string of the molecule is Cc1cc(Br)ccc1C1(C(C)O)CC1. The number of rotatable bonds is 2. The van der Waals surface area contributed by atoms with E-state index in [1.165, 1.54) is 11.1 Å². The Balaban J connectivity index is 2.42. The van der Waals surface area contributed by atoms with Crippen molar-refractivity contribution in [2.75, 3.05) is 0 Å². The Kier molecular flexibility index (Phi) is 2.44. The van der Waals surface area contributed by atoms with Crippen LogP contribution in [0.4, 0.5) is 0 Å². The lowest BCUT2D eigenvalue weighted by Gasteiger charge is -2.21. The zero-order chi connectivity index (χ0) is 10.3. The zero-order valence-electron chi connectivity index (χ0n) is 8.55. The molecule has 1 nitrogen and oxygen atoms in total. The lowest BCUT2D eigenvalue weighted by atomic mass is 9.88. The van der Waals surface area contributed by atoms with E-state index in [9.17, 15) is 5.11 Å². The molecular formula is C12H15BrO. The molecule has 14 heavy (non-hydrogen) atoms. The largest absolute Gasteiger partial charge is 0.392 e. The van der Waals surface area contributed by atoms with E-state index in [2.05, 4.69) is 41.1 Å². The van der Waals surface area contributed by atoms with Crippen LogP contribution in [0, 0.1) is 6.92 Å². The first-order chi connectivity index (χ1) is 6.56. The minimum absolute atomic E-state index is 0.0603. The Morgan fingerprint density at radius 2 is 2.07 bits per heavy atom. The number of benzene rings is 1. The molecule has 1 aliphatic carbocycles. The van der Waals surface area contributed by atoms with Crippen LogP contribution in [0.15, 0.2) is 22.7 Å². The molecule has 0 amide bonds. The van der Waals surface area contributed by atoms with E-state index in [-0.39, 0.29) is 11.5 Å². The first kappa shape index (κ1) is 10.2. The van der Waals surface area contributed by atoms with E-state index < -0.39 is 0 Å². The summed E-state index contributed by atoms with van der Waals surface area (Å²) < 4.78 is 1.11. The Morgan fingerprint density at radius 1 is 1.43 bits per heavy atom. The van der Waals surface area contributed by atoms with Crippen molar-refractivity contribution in [1.82, 2.24) is 0 Å². The van der Waals surface area contributed by atoms with E-state index in [1.807, 2.05) is 6.92 Å². The molecule has 0 radical (unpaired) electrons. The predicted molar refractivity (Wildman–Crippen MR) is 61.5 cm³/mol. The van der Waals surface area contributed by atoms with Crippen molar-refractivity contribution in [2.45, 2.75) is 38.2 Å². The summed E-state index contributed by atoms with van der Waals surface area (Å²) in [5.74, 6) is 0. The van der Waals surface area contributed by atoms with Gasteiger partial charge in [-0.25, -0.2) is 0 Å². The highest BCUT2D eigenvalue weighted by Gasteiger charge is 2.48. The minimum atomic E-state index is -0.234. The molecule has 1 atom stereocenters. The summed E-state index contributed by atoms with van der Waals surface area (Å²) in [6, 6.07) is 6.32. The predicted octanol–water partition coefficient (Wildman–Crippen LogP) is 3.17. The third kappa shape index (κ3) is 1.51. The number of halogens is 1. The molecule has 0 saturated heterocycles. The van der Waals surface area contributed by atoms with Gasteiger partial charge >= 0.3 is 0 Å². The Hall–Kier alpha value is -0.340. The standard InChI is InChI=1S/C12H15BrO/c1-8-7-10(13)3-4-11(8)12(5-6-12)9(2)14/h3-4,7,9,14H,5-6H2,1-2H3. The van der Waals surface area contributed by atoms with Crippen LogP contribution in [0.25, 0.3) is 0 Å². The molecule has 1 aromatic rings. The molecule has 1 unspecified atom stereocenters. The second-order valence-electron chi connectivity index (χ2n) is 4.29. The van der Waals surface area contributed by atoms with Gasteiger partial charge in [-0.1, -0.05) is 22.0 Å². The normalized spacial score (nSPS) is 20.6. The summed E-state index contributed by atoms with van der Waals surface area (Å²) in [7, 11) is 0. The van der Waals surface area contributed by atoms with Crippen molar-refractivity contribution in [3.63, 3.8) is 0 Å². The highest BCUT2D eigenvalue weighted by molar-refractivity contribution is 9.10. The minimum Gasteiger partial charge on any atom is -0.392 e. The average molecular weight is 255 g/mol. The number of hydrogen-bond acceptors (Lipinski definition) is 1. The molecule has 1 fully saturated rings. The number of aryl methyl sites for hydroxylation is 1. The molecule has 0 spiro atoms. The molecule has 0 aliphatic heterocycles. The van der Waals surface area contributed by atoms with Crippen LogP contribution in [-0.2, 0) is 5.41 Å². The number of aliphatic hydroxyl groups excluding tert-OH is 1. The van der Waals surface area contributed by atoms with Gasteiger partial charge in [-0.3, -0.25) is 0 Å². The van der Waals surface area contributed by atoms with Crippen LogP contribution in [-0.4, -0.2) is 11.2 Å². The van der Waals surface area contributed by atoms with Crippen LogP contribution < -0.4 is 0 Å². The van der Waals surface area contributed by atoms with Gasteiger partial charge < -0.3 is 5.11 Å². The van der Waals surface area contributed by atoms with Gasteiger partial charge in [0.1, 0.15) is 0 Å². The van der Waals surface area contributed by atoms with Crippen molar-refractivity contribution >= 4 is 15.9 Å². The zero-order valence-corrected chi connectivity index (χ0v) is 10.1. The van der Waals surface area contributed by atoms with E-state index in [1.54, 1.807) is 0 Å². The van der Waals surface area contributed by atoms with Crippen molar-refractivity contribution in [2.24, 2.45) is 0 Å². The maximum Gasteiger partial charge on any atom is 0.0608 e. The monoisotopic (exact) mass is 254 g/mol. The molecule has 0 heterocycles. The van der Waals surface area contributed by atoms with Crippen molar-refractivity contribution in [3.05, 3.63) is 33.8 Å². The van der Waals surface area contributed by atoms with Gasteiger partial charge in [-0.05, 0) is 49.9 Å². The van der Waals surface area contributed by atoms with Crippen LogP contribution >= 0.6 is 15.9 Å². The topological polar surface area (TPSA) is 20.2 Å². The van der Waals surface area contributed by atoms with Gasteiger partial charge in [0.2, 0.25) is 0 Å². The Labute approximate surface area is 93.3 Å². The molecule has 1 aliphatic rings. The maximum absolute atomic E-state index is 9.78. The molecule has 1 aromatic carbocycles. The second-order valence-corrected chi connectivity index (χ2v) is 5.21. The van der Waals surface area contributed by atoms with Gasteiger partial charge in [0, 0.05) is 9.89 Å². The molecule has 1 N–H and O–H groups in total. The maximum atomic E-state index is 9.78. The van der Waals surface area contributed by atoms with Crippen molar-refractivity contribution < 1.29 is 5.11 Å². The summed E-state index contributed by atoms with van der Waals surface area (Å²) in [5, 5.41) is 9.78. The average Bonchev–Trinajstić information content (AvgIpc) is 2.84. The highest BCUT2D eigenvalue weighted by atomic mass is 79.9. The highest BCUT2D eigenvalue weighted by Crippen LogP contribution is 2.52. The Bertz CT molecular complexity index is 353. The van der Waals surface area contributed by atoms with Gasteiger partial charge in [0.05, 0.1) is 6.10 Å². The fourth-order valence-electron chi connectivity index (χ4n) is 2.23. The summed E-state index contributed by atoms with van der Waals surface area (Å²) in [5.41, 5.74) is 2.65. The molecule has 2 rings (SSSR count). The van der Waals surface area contributed by atoms with E-state index in [0.29, 0.717) is 0 Å². The fourth-order valence-corrected chi connectivity index (χ4v) is 2.71. The molecular weight excluding hydrogens is 240 g/mol. The molecule has 1 saturated carbocycles. The third-order valence-corrected chi connectivity index (χ3v) is 3.81. The summed E-state index contributed by atoms with van der Waals surface area (Å²) in [6.07, 6.45) is 2.00. The van der Waals surface area contributed by atoms with E-state index >= 15 is 0 Å². The van der Waals surface area contributed by atoms with Gasteiger partial charge in [0.25, 0.3) is 0 Å². The third-order valence-electron chi connectivity index (χ3n) is 3.31. The molecule has 0 bridgehead atoms. The van der Waals surface area contributed by atoms with Crippen LogP contribution in [0.5, 0.6) is 0 Å². The van der Waals surface area contributed by atoms with Gasteiger partial charge in [-0.15, -0.1) is 0 Å². The fraction of sp³-hybridized carbons (Fsp3) is 0.500. The second kappa shape index (κ2) is 3.35. The summed E-state index contributed by atoms with van der Waals surface area (Å²) in [6.45, 7) is 4.01. The number of hydrogen-bond donors (Lipinski definition) is 1. The first-order valence-corrected chi connectivity index (χ1v) is 5.80. The summed E-state index contributed by atoms with van der Waals surface area (Å²) in [4.78, 5) is 0. The van der Waals surface area contributed by atoms with Gasteiger partial charge in [0.15, 0.2) is 0 Å². The molecule has 76 valence electrons.